The van der Waals surface area contributed by atoms with Crippen LogP contribution in [0.1, 0.15) is 49.7 Å². The van der Waals surface area contributed by atoms with Crippen molar-refractivity contribution in [3.8, 4) is 6.07 Å². The molecule has 0 amide bonds. The van der Waals surface area contributed by atoms with E-state index >= 15 is 0 Å². The highest BCUT2D eigenvalue weighted by Gasteiger charge is 2.55. The largest absolute Gasteiger partial charge is 0.368 e. The number of anilines is 2. The Morgan fingerprint density at radius 3 is 2.73 bits per heavy atom. The number of hydrogen-bond acceptors (Lipinski definition) is 7. The molecule has 4 N–H and O–H groups in total. The van der Waals surface area contributed by atoms with E-state index in [1.807, 2.05) is 24.3 Å². The minimum atomic E-state index is -0.801. The molecule has 1 aliphatic heterocycles. The van der Waals surface area contributed by atoms with E-state index in [4.69, 9.17) is 11.6 Å². The fourth-order valence-corrected chi connectivity index (χ4v) is 7.91. The lowest BCUT2D eigenvalue weighted by atomic mass is 9.48. The summed E-state index contributed by atoms with van der Waals surface area (Å²) in [7, 11) is 0. The van der Waals surface area contributed by atoms with Crippen LogP contribution < -0.4 is 21.3 Å². The molecule has 196 valence electrons. The van der Waals surface area contributed by atoms with Gasteiger partial charge in [0.2, 0.25) is 5.95 Å². The van der Waals surface area contributed by atoms with E-state index in [2.05, 4.69) is 37.3 Å². The third-order valence-electron chi connectivity index (χ3n) is 9.15. The SMILES string of the molecule is N#Cc1cnc(NCc2ccccc2Cl)nc1NC[C@]12CC3C[C@H](C1)[C@@H](NC1CCNCC1F)[C@@H](C3)C2. The summed E-state index contributed by atoms with van der Waals surface area (Å²) in [6.07, 6.45) is 7.68. The number of benzene rings is 1. The van der Waals surface area contributed by atoms with E-state index in [1.54, 1.807) is 6.20 Å². The molecule has 2 aromatic rings. The number of nitrogens with one attached hydrogen (secondary N) is 4. The van der Waals surface area contributed by atoms with Gasteiger partial charge in [-0.2, -0.15) is 10.2 Å². The first kappa shape index (κ1) is 24.8. The Morgan fingerprint density at radius 2 is 1.97 bits per heavy atom. The molecule has 3 unspecified atom stereocenters. The molecule has 1 saturated heterocycles. The van der Waals surface area contributed by atoms with Gasteiger partial charge >= 0.3 is 0 Å². The summed E-state index contributed by atoms with van der Waals surface area (Å²) in [5.74, 6) is 3.01. The second-order valence-electron chi connectivity index (χ2n) is 11.6. The standard InChI is InChI=1S/C28H35ClFN7/c29-22-4-2-1-3-18(22)13-33-27-34-14-21(12-31)26(37-27)35-16-28-9-17-7-19(10-28)25(20(8-17)11-28)36-24-5-6-32-15-23(24)30/h1-4,14,17,19-20,23-25,32,36H,5-11,13,15-16H2,(H2,33,34,35,37)/t17?,19-,20+,23?,24?,25-,28-. The number of halogens is 2. The molecule has 4 aliphatic carbocycles. The predicted octanol–water partition coefficient (Wildman–Crippen LogP) is 4.51. The Labute approximate surface area is 223 Å². The molecule has 7 nitrogen and oxygen atoms in total. The van der Waals surface area contributed by atoms with Crippen LogP contribution >= 0.6 is 11.6 Å². The zero-order valence-electron chi connectivity index (χ0n) is 21.0. The smallest absolute Gasteiger partial charge is 0.224 e. The molecule has 7 atom stereocenters. The van der Waals surface area contributed by atoms with Gasteiger partial charge in [0.1, 0.15) is 23.6 Å². The Morgan fingerprint density at radius 1 is 1.16 bits per heavy atom. The Hall–Kier alpha value is -2.47. The maximum atomic E-state index is 14.5. The summed E-state index contributed by atoms with van der Waals surface area (Å²) < 4.78 is 14.5. The third-order valence-corrected chi connectivity index (χ3v) is 9.52. The minimum Gasteiger partial charge on any atom is -0.368 e. The quantitative estimate of drug-likeness (QED) is 0.404. The molecule has 0 radical (unpaired) electrons. The van der Waals surface area contributed by atoms with Crippen molar-refractivity contribution in [3.63, 3.8) is 0 Å². The summed E-state index contributed by atoms with van der Waals surface area (Å²) in [4.78, 5) is 8.98. The van der Waals surface area contributed by atoms with Crippen LogP contribution in [-0.4, -0.2) is 47.9 Å². The van der Waals surface area contributed by atoms with Crippen LogP contribution in [0.4, 0.5) is 16.2 Å². The van der Waals surface area contributed by atoms with Crippen molar-refractivity contribution >= 4 is 23.4 Å². The van der Waals surface area contributed by atoms with Crippen molar-refractivity contribution in [1.29, 1.82) is 5.26 Å². The van der Waals surface area contributed by atoms with Gasteiger partial charge in [-0.15, -0.1) is 0 Å². The molecular weight excluding hydrogens is 489 g/mol. The van der Waals surface area contributed by atoms with Crippen molar-refractivity contribution in [2.45, 2.75) is 63.3 Å². The highest BCUT2D eigenvalue weighted by molar-refractivity contribution is 6.31. The normalized spacial score (nSPS) is 34.2. The molecule has 4 bridgehead atoms. The summed E-state index contributed by atoms with van der Waals surface area (Å²) in [5, 5.41) is 24.1. The van der Waals surface area contributed by atoms with Gasteiger partial charge in [0.05, 0.1) is 6.20 Å². The maximum Gasteiger partial charge on any atom is 0.224 e. The van der Waals surface area contributed by atoms with Gasteiger partial charge in [-0.05, 0) is 79.9 Å². The molecule has 2 heterocycles. The van der Waals surface area contributed by atoms with Crippen LogP contribution in [0.5, 0.6) is 0 Å². The minimum absolute atomic E-state index is 0.0197. The number of alkyl halides is 1. The van der Waals surface area contributed by atoms with Gasteiger partial charge < -0.3 is 21.3 Å². The highest BCUT2D eigenvalue weighted by atomic mass is 35.5. The first-order valence-electron chi connectivity index (χ1n) is 13.6. The predicted molar refractivity (Wildman–Crippen MR) is 143 cm³/mol. The first-order valence-corrected chi connectivity index (χ1v) is 14.0. The van der Waals surface area contributed by atoms with Crippen LogP contribution in [0.25, 0.3) is 0 Å². The zero-order valence-corrected chi connectivity index (χ0v) is 21.8. The van der Waals surface area contributed by atoms with Crippen molar-refractivity contribution in [2.24, 2.45) is 23.2 Å². The monoisotopic (exact) mass is 523 g/mol. The summed E-state index contributed by atoms with van der Waals surface area (Å²) >= 11 is 6.28. The van der Waals surface area contributed by atoms with Gasteiger partial charge in [-0.25, -0.2) is 9.37 Å². The molecule has 7 rings (SSSR count). The number of piperidine rings is 1. The van der Waals surface area contributed by atoms with Crippen molar-refractivity contribution in [1.82, 2.24) is 20.6 Å². The van der Waals surface area contributed by atoms with E-state index in [0.717, 1.165) is 43.8 Å². The number of nitriles is 1. The first-order chi connectivity index (χ1) is 18.0. The average molecular weight is 524 g/mol. The average Bonchev–Trinajstić information content (AvgIpc) is 2.90. The lowest BCUT2D eigenvalue weighted by molar-refractivity contribution is -0.0748. The third kappa shape index (κ3) is 5.14. The van der Waals surface area contributed by atoms with Crippen molar-refractivity contribution in [3.05, 3.63) is 46.6 Å². The zero-order chi connectivity index (χ0) is 25.4. The lowest BCUT2D eigenvalue weighted by Crippen LogP contribution is -2.63. The molecular formula is C28H35ClFN7. The Kier molecular flexibility index (Phi) is 6.95. The van der Waals surface area contributed by atoms with E-state index in [9.17, 15) is 9.65 Å². The molecule has 9 heteroatoms. The second kappa shape index (κ2) is 10.4. The molecule has 1 aromatic heterocycles. The van der Waals surface area contributed by atoms with Crippen LogP contribution in [0.3, 0.4) is 0 Å². The van der Waals surface area contributed by atoms with E-state index in [0.29, 0.717) is 53.3 Å². The van der Waals surface area contributed by atoms with Gasteiger partial charge in [-0.1, -0.05) is 29.8 Å². The summed E-state index contributed by atoms with van der Waals surface area (Å²) in [5.41, 5.74) is 1.63. The van der Waals surface area contributed by atoms with E-state index < -0.39 is 6.17 Å². The van der Waals surface area contributed by atoms with Crippen LogP contribution in [0.15, 0.2) is 30.5 Å². The molecule has 1 aromatic carbocycles. The maximum absolute atomic E-state index is 14.5. The summed E-state index contributed by atoms with van der Waals surface area (Å²) in [6, 6.07) is 10.3. The second-order valence-corrected chi connectivity index (χ2v) is 12.1. The van der Waals surface area contributed by atoms with Crippen LogP contribution in [0, 0.1) is 34.5 Å². The van der Waals surface area contributed by atoms with Crippen molar-refractivity contribution in [2.75, 3.05) is 30.3 Å². The molecule has 37 heavy (non-hydrogen) atoms. The highest BCUT2D eigenvalue weighted by Crippen LogP contribution is 2.60. The van der Waals surface area contributed by atoms with Gasteiger partial charge in [0, 0.05) is 36.7 Å². The Bertz CT molecular complexity index is 1150. The van der Waals surface area contributed by atoms with Crippen LogP contribution in [0.2, 0.25) is 5.02 Å². The fraction of sp³-hybridized carbons (Fsp3) is 0.607. The number of aromatic nitrogens is 2. The topological polar surface area (TPSA) is 97.7 Å². The van der Waals surface area contributed by atoms with E-state index in [-0.39, 0.29) is 11.5 Å². The molecule has 5 fully saturated rings. The van der Waals surface area contributed by atoms with Gasteiger partial charge in [-0.3, -0.25) is 0 Å². The number of hydrogen-bond donors (Lipinski definition) is 4. The number of rotatable bonds is 8. The van der Waals surface area contributed by atoms with Crippen LogP contribution in [-0.2, 0) is 6.54 Å². The summed E-state index contributed by atoms with van der Waals surface area (Å²) in [6.45, 7) is 2.67. The van der Waals surface area contributed by atoms with E-state index in [1.165, 1.54) is 19.3 Å². The molecule has 4 saturated carbocycles. The molecule has 0 spiro atoms. The molecule has 5 aliphatic rings. The fourth-order valence-electron chi connectivity index (χ4n) is 7.71. The Balaban J connectivity index is 1.12. The van der Waals surface area contributed by atoms with Gasteiger partial charge in [0.15, 0.2) is 0 Å². The van der Waals surface area contributed by atoms with Crippen molar-refractivity contribution < 1.29 is 4.39 Å². The number of nitrogens with zero attached hydrogens (tertiary/aromatic N) is 3. The lowest BCUT2D eigenvalue weighted by Gasteiger charge is -2.61. The van der Waals surface area contributed by atoms with Gasteiger partial charge in [0.25, 0.3) is 0 Å².